The number of carbonyl (C=O) groups is 2. The summed E-state index contributed by atoms with van der Waals surface area (Å²) in [6.45, 7) is 5.09. The molecule has 0 spiro atoms. The summed E-state index contributed by atoms with van der Waals surface area (Å²) in [4.78, 5) is 37.1. The Labute approximate surface area is 197 Å². The van der Waals surface area contributed by atoms with Gasteiger partial charge in [0.25, 0.3) is 5.91 Å². The van der Waals surface area contributed by atoms with Gasteiger partial charge >= 0.3 is 0 Å². The van der Waals surface area contributed by atoms with Crippen LogP contribution in [0, 0.1) is 5.92 Å². The number of amides is 2. The average Bonchev–Trinajstić information content (AvgIpc) is 3.43. The molecule has 1 aromatic carbocycles. The zero-order chi connectivity index (χ0) is 23.7. The second-order valence-electron chi connectivity index (χ2n) is 9.19. The Bertz CT molecular complexity index is 1220. The van der Waals surface area contributed by atoms with Gasteiger partial charge in [0, 0.05) is 31.4 Å². The maximum Gasteiger partial charge on any atom is 0.255 e. The zero-order valence-electron chi connectivity index (χ0n) is 19.4. The fourth-order valence-corrected chi connectivity index (χ4v) is 4.60. The van der Waals surface area contributed by atoms with Crippen molar-refractivity contribution < 1.29 is 19.1 Å². The molecule has 34 heavy (non-hydrogen) atoms. The summed E-state index contributed by atoms with van der Waals surface area (Å²) in [6, 6.07) is 5.88. The first-order valence-electron chi connectivity index (χ1n) is 11.8. The Morgan fingerprint density at radius 2 is 2.03 bits per heavy atom. The molecule has 0 saturated carbocycles. The van der Waals surface area contributed by atoms with Crippen LogP contribution in [0.25, 0.3) is 11.2 Å². The van der Waals surface area contributed by atoms with E-state index in [4.69, 9.17) is 9.47 Å². The Morgan fingerprint density at radius 1 is 1.21 bits per heavy atom. The number of aryl methyl sites for hydroxylation is 1. The number of ether oxygens (including phenoxy) is 2. The molecule has 9 heteroatoms. The molecular weight excluding hydrogens is 434 g/mol. The molecule has 1 aliphatic carbocycles. The highest BCUT2D eigenvalue weighted by Gasteiger charge is 2.28. The molecule has 1 saturated heterocycles. The van der Waals surface area contributed by atoms with E-state index in [1.165, 1.54) is 11.8 Å². The average molecular weight is 464 g/mol. The maximum atomic E-state index is 12.7. The molecule has 9 nitrogen and oxygen atoms in total. The van der Waals surface area contributed by atoms with Gasteiger partial charge < -0.3 is 25.1 Å². The lowest BCUT2D eigenvalue weighted by atomic mass is 9.98. The van der Waals surface area contributed by atoms with Gasteiger partial charge in [-0.2, -0.15) is 0 Å². The Hall–Kier alpha value is -3.46. The minimum atomic E-state index is -0.214. The van der Waals surface area contributed by atoms with Gasteiger partial charge in [-0.3, -0.25) is 9.59 Å². The first-order valence-corrected chi connectivity index (χ1v) is 11.8. The Balaban J connectivity index is 1.33. The lowest BCUT2D eigenvalue weighted by Crippen LogP contribution is -2.36. The predicted octanol–water partition coefficient (Wildman–Crippen LogP) is 3.42. The fraction of sp³-hybridized carbons (Fsp3) is 0.440. The van der Waals surface area contributed by atoms with E-state index >= 15 is 0 Å². The van der Waals surface area contributed by atoms with E-state index in [1.807, 2.05) is 32.0 Å². The van der Waals surface area contributed by atoms with Crippen molar-refractivity contribution in [1.82, 2.24) is 25.6 Å². The third-order valence-electron chi connectivity index (χ3n) is 6.35. The summed E-state index contributed by atoms with van der Waals surface area (Å²) >= 11 is 0. The normalized spacial score (nSPS) is 18.1. The molecular formula is C25H29N5O4. The van der Waals surface area contributed by atoms with Crippen molar-refractivity contribution in [2.24, 2.45) is 5.92 Å². The van der Waals surface area contributed by atoms with Gasteiger partial charge in [0.2, 0.25) is 11.8 Å². The molecule has 3 heterocycles. The van der Waals surface area contributed by atoms with Gasteiger partial charge in [-0.25, -0.2) is 9.97 Å². The summed E-state index contributed by atoms with van der Waals surface area (Å²) in [6.07, 6.45) is 6.46. The SMILES string of the molecule is CC(C)NC(=O)c1c[nH]c2ncc(Oc3ccc4c(c3)C(NC(=O)C3CCOCC3)CC4)nc12. The third-order valence-corrected chi connectivity index (χ3v) is 6.35. The number of aromatic nitrogens is 3. The van der Waals surface area contributed by atoms with E-state index in [1.54, 1.807) is 6.20 Å². The molecule has 0 bridgehead atoms. The second kappa shape index (κ2) is 9.42. The molecule has 2 aromatic heterocycles. The number of aromatic amines is 1. The largest absolute Gasteiger partial charge is 0.437 e. The van der Waals surface area contributed by atoms with Crippen LogP contribution in [0.1, 0.15) is 60.6 Å². The number of fused-ring (bicyclic) bond motifs is 2. The highest BCUT2D eigenvalue weighted by molar-refractivity contribution is 6.04. The minimum absolute atomic E-state index is 0.0103. The molecule has 2 amide bonds. The molecule has 0 radical (unpaired) electrons. The van der Waals surface area contributed by atoms with Crippen LogP contribution in [0.5, 0.6) is 11.6 Å². The van der Waals surface area contributed by atoms with Crippen molar-refractivity contribution in [1.29, 1.82) is 0 Å². The van der Waals surface area contributed by atoms with Gasteiger partial charge in [0.15, 0.2) is 5.65 Å². The number of carbonyl (C=O) groups excluding carboxylic acids is 2. The molecule has 1 aliphatic heterocycles. The van der Waals surface area contributed by atoms with Crippen LogP contribution in [0.15, 0.2) is 30.6 Å². The summed E-state index contributed by atoms with van der Waals surface area (Å²) < 4.78 is 11.4. The third kappa shape index (κ3) is 4.61. The van der Waals surface area contributed by atoms with Gasteiger partial charge in [-0.15, -0.1) is 0 Å². The quantitative estimate of drug-likeness (QED) is 0.516. The van der Waals surface area contributed by atoms with E-state index in [2.05, 4.69) is 25.6 Å². The number of rotatable bonds is 6. The lowest BCUT2D eigenvalue weighted by molar-refractivity contribution is -0.128. The predicted molar refractivity (Wildman–Crippen MR) is 126 cm³/mol. The molecule has 5 rings (SSSR count). The maximum absolute atomic E-state index is 12.7. The van der Waals surface area contributed by atoms with E-state index in [0.29, 0.717) is 41.6 Å². The fourth-order valence-electron chi connectivity index (χ4n) is 4.60. The van der Waals surface area contributed by atoms with Crippen LogP contribution in [-0.4, -0.2) is 46.0 Å². The van der Waals surface area contributed by atoms with Gasteiger partial charge in [-0.05, 0) is 62.8 Å². The Morgan fingerprint density at radius 3 is 2.82 bits per heavy atom. The lowest BCUT2D eigenvalue weighted by Gasteiger charge is -2.23. The molecule has 2 aliphatic rings. The van der Waals surface area contributed by atoms with Crippen molar-refractivity contribution in [3.8, 4) is 11.6 Å². The highest BCUT2D eigenvalue weighted by atomic mass is 16.5. The zero-order valence-corrected chi connectivity index (χ0v) is 19.4. The van der Waals surface area contributed by atoms with Crippen molar-refractivity contribution in [3.05, 3.63) is 47.3 Å². The summed E-state index contributed by atoms with van der Waals surface area (Å²) in [7, 11) is 0. The van der Waals surface area contributed by atoms with E-state index < -0.39 is 0 Å². The van der Waals surface area contributed by atoms with E-state index in [0.717, 1.165) is 31.2 Å². The molecule has 1 unspecified atom stereocenters. The standard InChI is InChI=1S/C25H29N5O4/c1-14(2)28-25(32)19-12-26-23-22(19)30-21(13-27-23)34-17-5-3-15-4-6-20(18(15)11-17)29-24(31)16-7-9-33-10-8-16/h3,5,11-14,16,20H,4,6-10H2,1-2H3,(H,26,27)(H,28,32)(H,29,31). The van der Waals surface area contributed by atoms with Gasteiger partial charge in [0.05, 0.1) is 17.8 Å². The smallest absolute Gasteiger partial charge is 0.255 e. The van der Waals surface area contributed by atoms with Crippen molar-refractivity contribution >= 4 is 23.0 Å². The van der Waals surface area contributed by atoms with Crippen LogP contribution in [-0.2, 0) is 16.0 Å². The molecule has 178 valence electrons. The van der Waals surface area contributed by atoms with Crippen LogP contribution in [0.3, 0.4) is 0 Å². The number of hydrogen-bond acceptors (Lipinski definition) is 6. The summed E-state index contributed by atoms with van der Waals surface area (Å²) in [5.74, 6) is 0.814. The van der Waals surface area contributed by atoms with Crippen LogP contribution < -0.4 is 15.4 Å². The van der Waals surface area contributed by atoms with Crippen LogP contribution in [0.4, 0.5) is 0 Å². The number of hydrogen-bond donors (Lipinski definition) is 3. The number of nitrogens with one attached hydrogen (secondary N) is 3. The minimum Gasteiger partial charge on any atom is -0.437 e. The topological polar surface area (TPSA) is 118 Å². The molecule has 3 aromatic rings. The highest BCUT2D eigenvalue weighted by Crippen LogP contribution is 2.35. The Kier molecular flexibility index (Phi) is 6.19. The van der Waals surface area contributed by atoms with Crippen LogP contribution in [0.2, 0.25) is 0 Å². The van der Waals surface area contributed by atoms with Crippen LogP contribution >= 0.6 is 0 Å². The monoisotopic (exact) mass is 463 g/mol. The molecule has 1 fully saturated rings. The summed E-state index contributed by atoms with van der Waals surface area (Å²) in [5, 5.41) is 6.10. The van der Waals surface area contributed by atoms with Gasteiger partial charge in [0.1, 0.15) is 11.3 Å². The first-order chi connectivity index (χ1) is 16.5. The van der Waals surface area contributed by atoms with Crippen molar-refractivity contribution in [3.63, 3.8) is 0 Å². The molecule has 1 atom stereocenters. The second-order valence-corrected chi connectivity index (χ2v) is 9.19. The van der Waals surface area contributed by atoms with Crippen molar-refractivity contribution in [2.45, 2.75) is 51.6 Å². The number of H-pyrrole nitrogens is 1. The van der Waals surface area contributed by atoms with E-state index in [9.17, 15) is 9.59 Å². The van der Waals surface area contributed by atoms with Gasteiger partial charge in [-0.1, -0.05) is 6.07 Å². The summed E-state index contributed by atoms with van der Waals surface area (Å²) in [5.41, 5.74) is 3.69. The van der Waals surface area contributed by atoms with Crippen molar-refractivity contribution in [2.75, 3.05) is 13.2 Å². The van der Waals surface area contributed by atoms with E-state index in [-0.39, 0.29) is 29.8 Å². The first kappa shape index (κ1) is 22.3. The molecule has 3 N–H and O–H groups in total. The number of nitrogens with zero attached hydrogens (tertiary/aromatic N) is 2. The number of benzene rings is 1.